The number of hydrogen-bond acceptors (Lipinski definition) is 11. The summed E-state index contributed by atoms with van der Waals surface area (Å²) in [5.74, 6) is -3.90. The maximum atomic E-state index is 12.7. The molecule has 2 N–H and O–H groups in total. The van der Waals surface area contributed by atoms with Gasteiger partial charge in [0.25, 0.3) is 0 Å². The summed E-state index contributed by atoms with van der Waals surface area (Å²) in [5.41, 5.74) is -0.0251. The fourth-order valence-corrected chi connectivity index (χ4v) is 3.20. The number of aromatic hydroxyl groups is 1. The van der Waals surface area contributed by atoms with E-state index in [1.807, 2.05) is 0 Å². The maximum absolute atomic E-state index is 12.7. The fraction of sp³-hybridized carbons (Fsp3) is 0.476. The van der Waals surface area contributed by atoms with Crippen molar-refractivity contribution in [2.24, 2.45) is 0 Å². The molecule has 0 saturated carbocycles. The van der Waals surface area contributed by atoms with Gasteiger partial charge in [-0.15, -0.1) is 0 Å². The fourth-order valence-electron chi connectivity index (χ4n) is 3.20. The highest BCUT2D eigenvalue weighted by Gasteiger charge is 2.52. The lowest BCUT2D eigenvalue weighted by Gasteiger charge is -2.44. The van der Waals surface area contributed by atoms with Crippen LogP contribution in [0.4, 0.5) is 0 Å². The van der Waals surface area contributed by atoms with E-state index in [9.17, 15) is 29.1 Å². The van der Waals surface area contributed by atoms with Crippen molar-refractivity contribution < 1.29 is 52.8 Å². The summed E-state index contributed by atoms with van der Waals surface area (Å²) in [4.78, 5) is 59.3. The molecule has 180 valence electrons. The standard InChI is InChI=1S/C21H25NO11/c1-10(23)22-17-19(31-13(4)26)18(30-12(3)25)16(9-29-11(2)24)32-21(17)33-20(28)14-6-5-7-15(27)8-14/h5-8,16-19,21,27H,9H2,1-4H3,(H,22,23)/t16-,17-,18+,19-,21+/m0/s1. The van der Waals surface area contributed by atoms with Crippen LogP contribution < -0.4 is 5.32 Å². The highest BCUT2D eigenvalue weighted by Crippen LogP contribution is 2.28. The van der Waals surface area contributed by atoms with Crippen LogP contribution in [0.15, 0.2) is 24.3 Å². The van der Waals surface area contributed by atoms with E-state index in [-0.39, 0.29) is 11.3 Å². The lowest BCUT2D eigenvalue weighted by molar-refractivity contribution is -0.263. The number of amides is 1. The zero-order valence-corrected chi connectivity index (χ0v) is 18.4. The first-order chi connectivity index (χ1) is 15.5. The van der Waals surface area contributed by atoms with Gasteiger partial charge in [0.05, 0.1) is 5.56 Å². The van der Waals surface area contributed by atoms with Crippen LogP contribution in [0.25, 0.3) is 0 Å². The molecule has 2 rings (SSSR count). The number of benzene rings is 1. The van der Waals surface area contributed by atoms with Crippen molar-refractivity contribution in [3.05, 3.63) is 29.8 Å². The first-order valence-electron chi connectivity index (χ1n) is 9.88. The van der Waals surface area contributed by atoms with Crippen LogP contribution in [-0.4, -0.2) is 72.1 Å². The molecule has 0 spiro atoms. The number of carbonyl (C=O) groups excluding carboxylic acids is 5. The van der Waals surface area contributed by atoms with Crippen LogP contribution >= 0.6 is 0 Å². The maximum Gasteiger partial charge on any atom is 0.340 e. The SMILES string of the molecule is CC(=O)N[C@@H]1[C@@H](OC(=O)c2cccc(O)c2)O[C@@H](COC(C)=O)[C@@H](OC(C)=O)[C@H]1OC(C)=O. The Bertz CT molecular complexity index is 915. The second-order valence-corrected chi connectivity index (χ2v) is 7.18. The summed E-state index contributed by atoms with van der Waals surface area (Å²) in [5, 5.41) is 12.1. The van der Waals surface area contributed by atoms with E-state index in [1.54, 1.807) is 0 Å². The van der Waals surface area contributed by atoms with Gasteiger partial charge in [-0.25, -0.2) is 4.79 Å². The van der Waals surface area contributed by atoms with Crippen molar-refractivity contribution >= 4 is 29.8 Å². The van der Waals surface area contributed by atoms with E-state index in [0.29, 0.717) is 0 Å². The Labute approximate surface area is 189 Å². The van der Waals surface area contributed by atoms with Crippen LogP contribution in [0.2, 0.25) is 0 Å². The molecular formula is C21H25NO11. The number of nitrogens with one attached hydrogen (secondary N) is 1. The highest BCUT2D eigenvalue weighted by atomic mass is 16.7. The molecule has 12 nitrogen and oxygen atoms in total. The van der Waals surface area contributed by atoms with Crippen molar-refractivity contribution in [2.45, 2.75) is 58.3 Å². The first kappa shape index (κ1) is 25.6. The summed E-state index contributed by atoms with van der Waals surface area (Å²) in [7, 11) is 0. The largest absolute Gasteiger partial charge is 0.508 e. The van der Waals surface area contributed by atoms with Crippen molar-refractivity contribution in [3.63, 3.8) is 0 Å². The second kappa shape index (κ2) is 11.3. The molecular weight excluding hydrogens is 442 g/mol. The average molecular weight is 467 g/mol. The molecule has 1 aliphatic rings. The summed E-state index contributed by atoms with van der Waals surface area (Å²) >= 11 is 0. The van der Waals surface area contributed by atoms with Gasteiger partial charge in [-0.1, -0.05) is 6.07 Å². The zero-order chi connectivity index (χ0) is 24.7. The van der Waals surface area contributed by atoms with Gasteiger partial charge in [0, 0.05) is 27.7 Å². The Morgan fingerprint density at radius 3 is 2.12 bits per heavy atom. The van der Waals surface area contributed by atoms with E-state index < -0.39 is 67.0 Å². The normalized spacial score (nSPS) is 24.2. The molecule has 1 heterocycles. The second-order valence-electron chi connectivity index (χ2n) is 7.18. The molecule has 0 bridgehead atoms. The van der Waals surface area contributed by atoms with Gasteiger partial charge < -0.3 is 34.1 Å². The number of phenols is 1. The molecule has 0 aliphatic carbocycles. The Kier molecular flexibility index (Phi) is 8.74. The van der Waals surface area contributed by atoms with Gasteiger partial charge in [0.15, 0.2) is 12.2 Å². The van der Waals surface area contributed by atoms with Gasteiger partial charge in [0.1, 0.15) is 24.5 Å². The smallest absolute Gasteiger partial charge is 0.340 e. The predicted octanol–water partition coefficient (Wildman–Crippen LogP) is 0.205. The average Bonchev–Trinajstić information content (AvgIpc) is 2.69. The van der Waals surface area contributed by atoms with Crippen LogP contribution in [0, 0.1) is 0 Å². The monoisotopic (exact) mass is 467 g/mol. The summed E-state index contributed by atoms with van der Waals surface area (Å²) < 4.78 is 26.6. The number of ether oxygens (including phenoxy) is 5. The molecule has 33 heavy (non-hydrogen) atoms. The summed E-state index contributed by atoms with van der Waals surface area (Å²) in [6.07, 6.45) is -5.42. The van der Waals surface area contributed by atoms with Crippen LogP contribution in [0.5, 0.6) is 5.75 Å². The van der Waals surface area contributed by atoms with Crippen molar-refractivity contribution in [1.82, 2.24) is 5.32 Å². The molecule has 1 aliphatic heterocycles. The van der Waals surface area contributed by atoms with E-state index in [1.165, 1.54) is 25.1 Å². The molecule has 0 unspecified atom stereocenters. The number of carbonyl (C=O) groups is 5. The van der Waals surface area contributed by atoms with Crippen molar-refractivity contribution in [1.29, 1.82) is 0 Å². The molecule has 1 aromatic rings. The Hall–Kier alpha value is -3.67. The Morgan fingerprint density at radius 1 is 0.939 bits per heavy atom. The Morgan fingerprint density at radius 2 is 1.58 bits per heavy atom. The zero-order valence-electron chi connectivity index (χ0n) is 18.4. The minimum atomic E-state index is -1.54. The predicted molar refractivity (Wildman–Crippen MR) is 108 cm³/mol. The number of phenolic OH excluding ortho intramolecular Hbond substituents is 1. The topological polar surface area (TPSA) is 164 Å². The minimum Gasteiger partial charge on any atom is -0.508 e. The third-order valence-corrected chi connectivity index (χ3v) is 4.38. The number of rotatable bonds is 7. The van der Waals surface area contributed by atoms with Crippen LogP contribution in [0.3, 0.4) is 0 Å². The van der Waals surface area contributed by atoms with Crippen LogP contribution in [0.1, 0.15) is 38.1 Å². The van der Waals surface area contributed by atoms with Gasteiger partial charge in [-0.2, -0.15) is 0 Å². The van der Waals surface area contributed by atoms with E-state index in [0.717, 1.165) is 26.8 Å². The highest BCUT2D eigenvalue weighted by molar-refractivity contribution is 5.90. The molecule has 1 saturated heterocycles. The number of hydrogen-bond donors (Lipinski definition) is 2. The third kappa shape index (κ3) is 7.45. The molecule has 0 aromatic heterocycles. The molecule has 1 fully saturated rings. The van der Waals surface area contributed by atoms with E-state index in [2.05, 4.69) is 5.32 Å². The first-order valence-corrected chi connectivity index (χ1v) is 9.88. The van der Waals surface area contributed by atoms with E-state index >= 15 is 0 Å². The van der Waals surface area contributed by atoms with Gasteiger partial charge in [0.2, 0.25) is 12.2 Å². The summed E-state index contributed by atoms with van der Waals surface area (Å²) in [6, 6.07) is 4.01. The quantitative estimate of drug-likeness (QED) is 0.416. The molecule has 12 heteroatoms. The lowest BCUT2D eigenvalue weighted by atomic mass is 9.96. The molecule has 1 aromatic carbocycles. The minimum absolute atomic E-state index is 0.0251. The number of esters is 4. The molecule has 0 radical (unpaired) electrons. The van der Waals surface area contributed by atoms with Gasteiger partial charge >= 0.3 is 23.9 Å². The van der Waals surface area contributed by atoms with Crippen molar-refractivity contribution in [2.75, 3.05) is 6.61 Å². The van der Waals surface area contributed by atoms with Gasteiger partial charge in [-0.3, -0.25) is 19.2 Å². The molecule has 5 atom stereocenters. The third-order valence-electron chi connectivity index (χ3n) is 4.38. The summed E-state index contributed by atoms with van der Waals surface area (Å²) in [6.45, 7) is 4.09. The van der Waals surface area contributed by atoms with Crippen LogP contribution in [-0.2, 0) is 42.9 Å². The lowest BCUT2D eigenvalue weighted by Crippen LogP contribution is -2.66. The van der Waals surface area contributed by atoms with Gasteiger partial charge in [-0.05, 0) is 18.2 Å². The van der Waals surface area contributed by atoms with Crippen molar-refractivity contribution in [3.8, 4) is 5.75 Å². The Balaban J connectivity index is 2.43. The van der Waals surface area contributed by atoms with E-state index in [4.69, 9.17) is 23.7 Å². The molecule has 1 amide bonds.